The summed E-state index contributed by atoms with van der Waals surface area (Å²) in [6, 6.07) is -0.0655. The predicted octanol–water partition coefficient (Wildman–Crippen LogP) is 1.32. The van der Waals surface area contributed by atoms with Crippen LogP contribution in [0.5, 0.6) is 0 Å². The Balaban J connectivity index is 2.71. The van der Waals surface area contributed by atoms with Crippen LogP contribution in [0.3, 0.4) is 0 Å². The maximum absolute atomic E-state index is 11.9. The molecule has 1 heterocycles. The van der Waals surface area contributed by atoms with Gasteiger partial charge >= 0.3 is 0 Å². The van der Waals surface area contributed by atoms with Crippen LogP contribution in [-0.2, 0) is 9.84 Å². The molecule has 0 aliphatic carbocycles. The van der Waals surface area contributed by atoms with Crippen molar-refractivity contribution in [3.05, 3.63) is 21.6 Å². The van der Waals surface area contributed by atoms with Crippen molar-refractivity contribution in [2.75, 3.05) is 23.9 Å². The number of aromatic nitrogens is 2. The molecule has 108 valence electrons. The second-order valence-electron chi connectivity index (χ2n) is 4.63. The molecule has 1 N–H and O–H groups in total. The Morgan fingerprint density at radius 3 is 2.63 bits per heavy atom. The molecule has 1 aromatic heterocycles. The van der Waals surface area contributed by atoms with Crippen molar-refractivity contribution in [2.24, 2.45) is 0 Å². The van der Waals surface area contributed by atoms with E-state index < -0.39 is 9.84 Å². The van der Waals surface area contributed by atoms with Gasteiger partial charge in [0.25, 0.3) is 5.56 Å². The second-order valence-corrected chi connectivity index (χ2v) is 7.26. The lowest BCUT2D eigenvalue weighted by molar-refractivity contribution is 0.503. The van der Waals surface area contributed by atoms with Gasteiger partial charge in [0.2, 0.25) is 0 Å². The van der Waals surface area contributed by atoms with Crippen LogP contribution >= 0.6 is 11.6 Å². The predicted molar refractivity (Wildman–Crippen MR) is 76.7 cm³/mol. The highest BCUT2D eigenvalue weighted by molar-refractivity contribution is 7.90. The van der Waals surface area contributed by atoms with Gasteiger partial charge in [-0.1, -0.05) is 11.6 Å². The van der Waals surface area contributed by atoms with Gasteiger partial charge in [0, 0.05) is 12.8 Å². The van der Waals surface area contributed by atoms with E-state index in [9.17, 15) is 13.2 Å². The SMILES string of the molecule is CC(C)n1ncc(NCCCS(C)(=O)=O)c(Cl)c1=O. The molecule has 0 aliphatic heterocycles. The first-order valence-corrected chi connectivity index (χ1v) is 8.35. The number of nitrogens with zero attached hydrogens (tertiary/aromatic N) is 2. The van der Waals surface area contributed by atoms with Crippen molar-refractivity contribution in [3.63, 3.8) is 0 Å². The fourth-order valence-electron chi connectivity index (χ4n) is 1.49. The maximum atomic E-state index is 11.9. The van der Waals surface area contributed by atoms with Crippen LogP contribution in [0.25, 0.3) is 0 Å². The minimum atomic E-state index is -2.97. The molecule has 0 fully saturated rings. The van der Waals surface area contributed by atoms with Crippen LogP contribution < -0.4 is 10.9 Å². The number of hydrogen-bond donors (Lipinski definition) is 1. The number of rotatable bonds is 6. The summed E-state index contributed by atoms with van der Waals surface area (Å²) in [6.45, 7) is 4.09. The van der Waals surface area contributed by atoms with E-state index in [1.807, 2.05) is 13.8 Å². The van der Waals surface area contributed by atoms with E-state index in [1.54, 1.807) is 0 Å². The van der Waals surface area contributed by atoms with Gasteiger partial charge in [-0.25, -0.2) is 13.1 Å². The summed E-state index contributed by atoms with van der Waals surface area (Å²) in [5.41, 5.74) is 0.0712. The zero-order chi connectivity index (χ0) is 14.6. The van der Waals surface area contributed by atoms with Crippen LogP contribution in [0.2, 0.25) is 5.02 Å². The minimum Gasteiger partial charge on any atom is -0.382 e. The Kier molecular flexibility index (Phi) is 5.37. The zero-order valence-corrected chi connectivity index (χ0v) is 12.8. The standard InChI is InChI=1S/C11H18ClN3O3S/c1-8(2)15-11(16)10(12)9(7-14-15)13-5-4-6-19(3,17)18/h7-8,13H,4-6H2,1-3H3. The number of nitrogens with one attached hydrogen (secondary N) is 1. The van der Waals surface area contributed by atoms with Crippen LogP contribution in [0, 0.1) is 0 Å². The number of anilines is 1. The molecule has 0 atom stereocenters. The third-order valence-corrected chi connectivity index (χ3v) is 3.84. The Hall–Kier alpha value is -1.08. The summed E-state index contributed by atoms with van der Waals surface area (Å²) in [7, 11) is -2.97. The lowest BCUT2D eigenvalue weighted by atomic mass is 10.3. The molecule has 0 aromatic carbocycles. The highest BCUT2D eigenvalue weighted by atomic mass is 35.5. The highest BCUT2D eigenvalue weighted by Crippen LogP contribution is 2.16. The van der Waals surface area contributed by atoms with Crippen molar-refractivity contribution in [3.8, 4) is 0 Å². The Labute approximate surface area is 117 Å². The monoisotopic (exact) mass is 307 g/mol. The lowest BCUT2D eigenvalue weighted by Gasteiger charge is -2.12. The molecule has 0 amide bonds. The van der Waals surface area contributed by atoms with Gasteiger partial charge in [-0.15, -0.1) is 0 Å². The molecule has 0 unspecified atom stereocenters. The summed E-state index contributed by atoms with van der Waals surface area (Å²) in [6.07, 6.45) is 3.11. The first-order valence-electron chi connectivity index (χ1n) is 5.91. The molecule has 0 saturated carbocycles. The van der Waals surface area contributed by atoms with E-state index in [-0.39, 0.29) is 22.4 Å². The molecule has 0 spiro atoms. The first-order chi connectivity index (χ1) is 8.72. The van der Waals surface area contributed by atoms with Crippen molar-refractivity contribution in [1.82, 2.24) is 9.78 Å². The zero-order valence-electron chi connectivity index (χ0n) is 11.2. The molecular weight excluding hydrogens is 290 g/mol. The second kappa shape index (κ2) is 6.38. The average molecular weight is 308 g/mol. The molecule has 0 saturated heterocycles. The van der Waals surface area contributed by atoms with E-state index in [2.05, 4.69) is 10.4 Å². The van der Waals surface area contributed by atoms with E-state index in [1.165, 1.54) is 17.1 Å². The van der Waals surface area contributed by atoms with E-state index in [0.29, 0.717) is 18.7 Å². The minimum absolute atomic E-state index is 0.0655. The third kappa shape index (κ3) is 4.83. The maximum Gasteiger partial charge on any atom is 0.287 e. The van der Waals surface area contributed by atoms with Crippen LogP contribution in [0.4, 0.5) is 5.69 Å². The van der Waals surface area contributed by atoms with Crippen LogP contribution in [-0.4, -0.2) is 36.8 Å². The molecule has 1 rings (SSSR count). The van der Waals surface area contributed by atoms with Gasteiger partial charge in [0.05, 0.1) is 23.7 Å². The summed E-state index contributed by atoms with van der Waals surface area (Å²) in [5.74, 6) is 0.0914. The fourth-order valence-corrected chi connectivity index (χ4v) is 2.36. The van der Waals surface area contributed by atoms with E-state index in [4.69, 9.17) is 11.6 Å². The Bertz CT molecular complexity index is 596. The highest BCUT2D eigenvalue weighted by Gasteiger charge is 2.11. The van der Waals surface area contributed by atoms with Crippen molar-refractivity contribution >= 4 is 27.1 Å². The van der Waals surface area contributed by atoms with Gasteiger partial charge < -0.3 is 5.32 Å². The van der Waals surface area contributed by atoms with Crippen molar-refractivity contribution in [1.29, 1.82) is 0 Å². The molecule has 8 heteroatoms. The lowest BCUT2D eigenvalue weighted by Crippen LogP contribution is -2.26. The van der Waals surface area contributed by atoms with Gasteiger partial charge in [0.15, 0.2) is 0 Å². The summed E-state index contributed by atoms with van der Waals surface area (Å²) < 4.78 is 23.2. The topological polar surface area (TPSA) is 81.1 Å². The molecule has 19 heavy (non-hydrogen) atoms. The Morgan fingerprint density at radius 2 is 2.11 bits per heavy atom. The molecule has 0 aliphatic rings. The molecular formula is C11H18ClN3O3S. The third-order valence-electron chi connectivity index (χ3n) is 2.44. The summed E-state index contributed by atoms with van der Waals surface area (Å²) >= 11 is 5.96. The number of sulfone groups is 1. The van der Waals surface area contributed by atoms with Crippen molar-refractivity contribution in [2.45, 2.75) is 26.3 Å². The molecule has 0 radical (unpaired) electrons. The number of hydrogen-bond acceptors (Lipinski definition) is 5. The molecule has 0 bridgehead atoms. The first kappa shape index (κ1) is 16.0. The summed E-state index contributed by atoms with van der Waals surface area (Å²) in [5, 5.41) is 7.00. The van der Waals surface area contributed by atoms with E-state index in [0.717, 1.165) is 0 Å². The van der Waals surface area contributed by atoms with Gasteiger partial charge in [-0.2, -0.15) is 5.10 Å². The normalized spacial score (nSPS) is 11.8. The van der Waals surface area contributed by atoms with Gasteiger partial charge in [-0.05, 0) is 20.3 Å². The quantitative estimate of drug-likeness (QED) is 0.802. The molecule has 1 aromatic rings. The van der Waals surface area contributed by atoms with Crippen LogP contribution in [0.1, 0.15) is 26.3 Å². The number of halogens is 1. The van der Waals surface area contributed by atoms with Crippen molar-refractivity contribution < 1.29 is 8.42 Å². The van der Waals surface area contributed by atoms with Crippen LogP contribution in [0.15, 0.2) is 11.0 Å². The average Bonchev–Trinajstić information content (AvgIpc) is 2.28. The molecule has 6 nitrogen and oxygen atoms in total. The van der Waals surface area contributed by atoms with Gasteiger partial charge in [-0.3, -0.25) is 4.79 Å². The fraction of sp³-hybridized carbons (Fsp3) is 0.636. The largest absolute Gasteiger partial charge is 0.382 e. The van der Waals surface area contributed by atoms with E-state index >= 15 is 0 Å². The van der Waals surface area contributed by atoms with Gasteiger partial charge in [0.1, 0.15) is 14.9 Å². The smallest absolute Gasteiger partial charge is 0.287 e. The summed E-state index contributed by atoms with van der Waals surface area (Å²) in [4.78, 5) is 11.9. The Morgan fingerprint density at radius 1 is 1.47 bits per heavy atom.